The van der Waals surface area contributed by atoms with Gasteiger partial charge < -0.3 is 10.2 Å². The van der Waals surface area contributed by atoms with Crippen molar-refractivity contribution < 1.29 is 26.3 Å². The molecule has 0 saturated carbocycles. The van der Waals surface area contributed by atoms with Crippen molar-refractivity contribution in [2.45, 2.75) is 25.2 Å². The highest BCUT2D eigenvalue weighted by atomic mass is 19.4. The minimum atomic E-state index is -4.59. The highest BCUT2D eigenvalue weighted by Crippen LogP contribution is 2.30. The second-order valence-electron chi connectivity index (χ2n) is 6.54. The molecule has 0 bridgehead atoms. The van der Waals surface area contributed by atoms with Crippen LogP contribution in [0.25, 0.3) is 0 Å². The Morgan fingerprint density at radius 2 is 1.73 bits per heavy atom. The third-order valence-corrected chi connectivity index (χ3v) is 4.12. The third kappa shape index (κ3) is 6.19. The van der Waals surface area contributed by atoms with Gasteiger partial charge in [-0.15, -0.1) is 0 Å². The summed E-state index contributed by atoms with van der Waals surface area (Å²) in [6, 6.07) is 0.862. The monoisotopic (exact) mass is 385 g/mol. The summed E-state index contributed by atoms with van der Waals surface area (Å²) in [6.45, 7) is -0.0133. The van der Waals surface area contributed by atoms with Crippen molar-refractivity contribution in [2.24, 2.45) is 5.92 Å². The SMILES string of the molecule is CN(C)c1cc(C(F)(F)F)nc(NCC2CCN(CC(F)(F)F)CC2)n1. The lowest BCUT2D eigenvalue weighted by atomic mass is 9.97. The van der Waals surface area contributed by atoms with E-state index in [1.54, 1.807) is 14.1 Å². The summed E-state index contributed by atoms with van der Waals surface area (Å²) in [7, 11) is 3.14. The minimum Gasteiger partial charge on any atom is -0.363 e. The van der Waals surface area contributed by atoms with Crippen LogP contribution in [0.15, 0.2) is 6.07 Å². The van der Waals surface area contributed by atoms with Crippen molar-refractivity contribution in [3.05, 3.63) is 11.8 Å². The number of likely N-dealkylation sites (tertiary alicyclic amines) is 1. The predicted octanol–water partition coefficient (Wildman–Crippen LogP) is 3.25. The van der Waals surface area contributed by atoms with Crippen LogP contribution in [-0.4, -0.2) is 61.3 Å². The molecular formula is C15H21F6N5. The van der Waals surface area contributed by atoms with Crippen LogP contribution in [0.2, 0.25) is 0 Å². The second kappa shape index (κ2) is 7.85. The molecule has 2 rings (SSSR count). The molecule has 1 saturated heterocycles. The number of nitrogens with zero attached hydrogens (tertiary/aromatic N) is 4. The second-order valence-corrected chi connectivity index (χ2v) is 6.54. The molecule has 0 radical (unpaired) electrons. The van der Waals surface area contributed by atoms with E-state index in [1.165, 1.54) is 9.80 Å². The van der Waals surface area contributed by atoms with Gasteiger partial charge in [0.15, 0.2) is 5.69 Å². The van der Waals surface area contributed by atoms with Crippen molar-refractivity contribution in [3.8, 4) is 0 Å². The molecule has 1 aromatic rings. The molecule has 1 N–H and O–H groups in total. The first-order chi connectivity index (χ1) is 11.9. The fourth-order valence-corrected chi connectivity index (χ4v) is 2.73. The first-order valence-electron chi connectivity index (χ1n) is 8.10. The van der Waals surface area contributed by atoms with Gasteiger partial charge in [0.2, 0.25) is 5.95 Å². The Morgan fingerprint density at radius 1 is 1.12 bits per heavy atom. The number of nitrogens with one attached hydrogen (secondary N) is 1. The van der Waals surface area contributed by atoms with Gasteiger partial charge in [-0.1, -0.05) is 0 Å². The summed E-state index contributed by atoms with van der Waals surface area (Å²) < 4.78 is 76.0. The number of piperidine rings is 1. The maximum Gasteiger partial charge on any atom is 0.433 e. The van der Waals surface area contributed by atoms with E-state index in [-0.39, 0.29) is 17.7 Å². The van der Waals surface area contributed by atoms with Gasteiger partial charge in [-0.05, 0) is 31.8 Å². The van der Waals surface area contributed by atoms with E-state index >= 15 is 0 Å². The van der Waals surface area contributed by atoms with Crippen molar-refractivity contribution in [1.82, 2.24) is 14.9 Å². The first-order valence-corrected chi connectivity index (χ1v) is 8.10. The lowest BCUT2D eigenvalue weighted by Gasteiger charge is -2.32. The van der Waals surface area contributed by atoms with Crippen LogP contribution < -0.4 is 10.2 Å². The summed E-state index contributed by atoms with van der Waals surface area (Å²) in [4.78, 5) is 10.3. The number of aromatic nitrogens is 2. The standard InChI is InChI=1S/C15H21F6N5/c1-25(2)12-7-11(15(19,20)21)23-13(24-12)22-8-10-3-5-26(6-4-10)9-14(16,17)18/h7,10H,3-6,8-9H2,1-2H3,(H,22,23,24). The largest absolute Gasteiger partial charge is 0.433 e. The fraction of sp³-hybridized carbons (Fsp3) is 0.733. The highest BCUT2D eigenvalue weighted by molar-refractivity contribution is 5.44. The smallest absolute Gasteiger partial charge is 0.363 e. The zero-order chi connectivity index (χ0) is 19.5. The molecule has 26 heavy (non-hydrogen) atoms. The quantitative estimate of drug-likeness (QED) is 0.789. The summed E-state index contributed by atoms with van der Waals surface area (Å²) in [5.74, 6) is 0.0384. The number of anilines is 2. The molecule has 11 heteroatoms. The van der Waals surface area contributed by atoms with Gasteiger partial charge >= 0.3 is 12.4 Å². The average molecular weight is 385 g/mol. The molecule has 0 spiro atoms. The molecule has 0 aromatic carbocycles. The van der Waals surface area contributed by atoms with E-state index in [9.17, 15) is 26.3 Å². The Morgan fingerprint density at radius 3 is 2.23 bits per heavy atom. The Balaban J connectivity index is 1.94. The maximum atomic E-state index is 13.0. The van der Waals surface area contributed by atoms with E-state index in [4.69, 9.17) is 0 Å². The lowest BCUT2D eigenvalue weighted by Crippen LogP contribution is -2.41. The minimum absolute atomic E-state index is 0.0560. The van der Waals surface area contributed by atoms with Gasteiger partial charge in [0.05, 0.1) is 6.54 Å². The fourth-order valence-electron chi connectivity index (χ4n) is 2.73. The van der Waals surface area contributed by atoms with E-state index in [0.29, 0.717) is 32.5 Å². The molecule has 0 unspecified atom stereocenters. The molecular weight excluding hydrogens is 364 g/mol. The Hall–Kier alpha value is -1.78. The van der Waals surface area contributed by atoms with E-state index in [0.717, 1.165) is 6.07 Å². The van der Waals surface area contributed by atoms with E-state index < -0.39 is 24.6 Å². The van der Waals surface area contributed by atoms with Crippen LogP contribution >= 0.6 is 0 Å². The molecule has 1 fully saturated rings. The van der Waals surface area contributed by atoms with Gasteiger partial charge in [-0.25, -0.2) is 4.98 Å². The molecule has 0 atom stereocenters. The van der Waals surface area contributed by atoms with Crippen molar-refractivity contribution in [3.63, 3.8) is 0 Å². The van der Waals surface area contributed by atoms with Crippen molar-refractivity contribution in [1.29, 1.82) is 0 Å². The van der Waals surface area contributed by atoms with Crippen LogP contribution in [0, 0.1) is 5.92 Å². The normalized spacial score (nSPS) is 17.4. The van der Waals surface area contributed by atoms with Crippen LogP contribution in [0.4, 0.5) is 38.1 Å². The van der Waals surface area contributed by atoms with Crippen molar-refractivity contribution in [2.75, 3.05) is 50.5 Å². The van der Waals surface area contributed by atoms with Gasteiger partial charge in [0.25, 0.3) is 0 Å². The molecule has 0 aliphatic carbocycles. The topological polar surface area (TPSA) is 44.3 Å². The number of rotatable bonds is 5. The Labute approximate surface area is 147 Å². The van der Waals surface area contributed by atoms with Gasteiger partial charge in [0.1, 0.15) is 5.82 Å². The van der Waals surface area contributed by atoms with Crippen LogP contribution in [0.5, 0.6) is 0 Å². The number of hydrogen-bond donors (Lipinski definition) is 1. The van der Waals surface area contributed by atoms with Gasteiger partial charge in [-0.3, -0.25) is 4.90 Å². The molecule has 1 aliphatic rings. The summed E-state index contributed by atoms with van der Waals surface area (Å²) in [6.07, 6.45) is -7.75. The van der Waals surface area contributed by atoms with Crippen LogP contribution in [0.1, 0.15) is 18.5 Å². The highest BCUT2D eigenvalue weighted by Gasteiger charge is 2.34. The predicted molar refractivity (Wildman–Crippen MR) is 85.1 cm³/mol. The Kier molecular flexibility index (Phi) is 6.20. The summed E-state index contributed by atoms with van der Waals surface area (Å²) in [5.41, 5.74) is -1.04. The molecule has 0 amide bonds. The van der Waals surface area contributed by atoms with E-state index in [1.807, 2.05) is 0 Å². The number of hydrogen-bond acceptors (Lipinski definition) is 5. The maximum absolute atomic E-state index is 13.0. The van der Waals surface area contributed by atoms with Crippen LogP contribution in [0.3, 0.4) is 0 Å². The average Bonchev–Trinajstić information content (AvgIpc) is 2.51. The summed E-state index contributed by atoms with van der Waals surface area (Å²) in [5, 5.41) is 2.80. The van der Waals surface area contributed by atoms with Gasteiger partial charge in [0, 0.05) is 26.7 Å². The van der Waals surface area contributed by atoms with Crippen LogP contribution in [-0.2, 0) is 6.18 Å². The molecule has 148 valence electrons. The zero-order valence-electron chi connectivity index (χ0n) is 14.5. The zero-order valence-corrected chi connectivity index (χ0v) is 14.5. The first kappa shape index (κ1) is 20.5. The molecule has 1 aromatic heterocycles. The number of halogens is 6. The number of alkyl halides is 6. The van der Waals surface area contributed by atoms with Gasteiger partial charge in [-0.2, -0.15) is 31.3 Å². The molecule has 2 heterocycles. The third-order valence-electron chi connectivity index (χ3n) is 4.12. The summed E-state index contributed by atoms with van der Waals surface area (Å²) >= 11 is 0. The molecule has 1 aliphatic heterocycles. The Bertz CT molecular complexity index is 593. The van der Waals surface area contributed by atoms with E-state index in [2.05, 4.69) is 15.3 Å². The molecule has 5 nitrogen and oxygen atoms in total. The lowest BCUT2D eigenvalue weighted by molar-refractivity contribution is -0.148. The van der Waals surface area contributed by atoms with Crippen molar-refractivity contribution >= 4 is 11.8 Å².